The minimum absolute atomic E-state index is 0.153. The summed E-state index contributed by atoms with van der Waals surface area (Å²) in [7, 11) is 1.64. The number of rotatable bonds is 2. The van der Waals surface area contributed by atoms with Crippen LogP contribution in [0.25, 0.3) is 0 Å². The second kappa shape index (κ2) is 5.23. The number of nitrogens with one attached hydrogen (secondary N) is 2. The van der Waals surface area contributed by atoms with Gasteiger partial charge >= 0.3 is 0 Å². The molecule has 1 aliphatic rings. The Morgan fingerprint density at radius 2 is 2.00 bits per heavy atom. The highest BCUT2D eigenvalue weighted by molar-refractivity contribution is 6.30. The van der Waals surface area contributed by atoms with E-state index in [0.717, 1.165) is 4.90 Å². The quantitative estimate of drug-likeness (QED) is 0.583. The summed E-state index contributed by atoms with van der Waals surface area (Å²) in [6.45, 7) is -0.307. The molecule has 0 spiro atoms. The van der Waals surface area contributed by atoms with Crippen molar-refractivity contribution in [3.8, 4) is 0 Å². The second-order valence-corrected chi connectivity index (χ2v) is 4.33. The van der Waals surface area contributed by atoms with Gasteiger partial charge in [-0.05, 0) is 12.1 Å². The molecule has 2 heterocycles. The van der Waals surface area contributed by atoms with Gasteiger partial charge in [0.15, 0.2) is 0 Å². The normalized spacial score (nSPS) is 15.2. The van der Waals surface area contributed by atoms with Gasteiger partial charge in [-0.1, -0.05) is 11.6 Å². The van der Waals surface area contributed by atoms with Crippen molar-refractivity contribution in [1.82, 2.24) is 15.2 Å². The Bertz CT molecular complexity index is 545. The smallest absolute Gasteiger partial charge is 0.255 e. The molecule has 100 valence electrons. The first-order valence-electron chi connectivity index (χ1n) is 5.47. The Morgan fingerprint density at radius 1 is 1.37 bits per heavy atom. The number of halogens is 1. The number of hydrogen-bond donors (Lipinski definition) is 2. The van der Waals surface area contributed by atoms with Crippen LogP contribution in [-0.2, 0) is 9.59 Å². The number of hydrogen-bond acceptors (Lipinski definition) is 5. The Balaban J connectivity index is 2.26. The van der Waals surface area contributed by atoms with Gasteiger partial charge in [-0.15, -0.1) is 0 Å². The summed E-state index contributed by atoms with van der Waals surface area (Å²) in [4.78, 5) is 39.8. The zero-order valence-corrected chi connectivity index (χ0v) is 10.8. The van der Waals surface area contributed by atoms with Crippen LogP contribution in [0.4, 0.5) is 5.82 Å². The van der Waals surface area contributed by atoms with Crippen LogP contribution >= 0.6 is 11.6 Å². The molecule has 0 bridgehead atoms. The van der Waals surface area contributed by atoms with Gasteiger partial charge in [0.25, 0.3) is 5.91 Å². The summed E-state index contributed by atoms with van der Waals surface area (Å²) in [5.74, 6) is -1.01. The van der Waals surface area contributed by atoms with E-state index in [9.17, 15) is 14.4 Å². The van der Waals surface area contributed by atoms with E-state index in [2.05, 4.69) is 15.6 Å². The molecule has 0 atom stereocenters. The standard InChI is InChI=1S/C11H11ClN4O3/c1-13-8-3-6(2-7(12)14-8)11(19)16-4-9(17)15-10(18)5-16/h2-3H,4-5H2,1H3,(H,13,14)(H,15,17,18). The molecule has 7 nitrogen and oxygen atoms in total. The van der Waals surface area contributed by atoms with Gasteiger partial charge in [0.05, 0.1) is 0 Å². The number of carbonyl (C=O) groups is 3. The van der Waals surface area contributed by atoms with E-state index in [1.807, 2.05) is 0 Å². The first-order valence-corrected chi connectivity index (χ1v) is 5.84. The molecule has 1 aliphatic heterocycles. The minimum Gasteiger partial charge on any atom is -0.373 e. The summed E-state index contributed by atoms with van der Waals surface area (Å²) in [6, 6.07) is 2.90. The molecule has 19 heavy (non-hydrogen) atoms. The maximum atomic E-state index is 12.2. The van der Waals surface area contributed by atoms with Gasteiger partial charge in [-0.25, -0.2) is 4.98 Å². The summed E-state index contributed by atoms with van der Waals surface area (Å²) >= 11 is 5.80. The molecule has 1 fully saturated rings. The van der Waals surface area contributed by atoms with Crippen LogP contribution in [0, 0.1) is 0 Å². The average Bonchev–Trinajstić information content (AvgIpc) is 2.35. The lowest BCUT2D eigenvalue weighted by Gasteiger charge is -2.25. The van der Waals surface area contributed by atoms with Crippen molar-refractivity contribution in [3.05, 3.63) is 22.8 Å². The largest absolute Gasteiger partial charge is 0.373 e. The monoisotopic (exact) mass is 282 g/mol. The number of anilines is 1. The third-order valence-corrected chi connectivity index (χ3v) is 2.73. The van der Waals surface area contributed by atoms with Crippen LogP contribution < -0.4 is 10.6 Å². The molecule has 3 amide bonds. The van der Waals surface area contributed by atoms with Crippen molar-refractivity contribution in [2.45, 2.75) is 0 Å². The van der Waals surface area contributed by atoms with E-state index in [1.165, 1.54) is 12.1 Å². The maximum absolute atomic E-state index is 12.2. The Kier molecular flexibility index (Phi) is 3.66. The maximum Gasteiger partial charge on any atom is 0.255 e. The van der Waals surface area contributed by atoms with E-state index < -0.39 is 17.7 Å². The lowest BCUT2D eigenvalue weighted by atomic mass is 10.2. The molecular formula is C11H11ClN4O3. The molecule has 0 aliphatic carbocycles. The number of amides is 3. The van der Waals surface area contributed by atoms with E-state index in [4.69, 9.17) is 11.6 Å². The zero-order valence-electron chi connectivity index (χ0n) is 10.1. The molecule has 2 N–H and O–H groups in total. The zero-order chi connectivity index (χ0) is 14.0. The highest BCUT2D eigenvalue weighted by atomic mass is 35.5. The number of imide groups is 1. The van der Waals surface area contributed by atoms with Crippen molar-refractivity contribution in [1.29, 1.82) is 0 Å². The average molecular weight is 283 g/mol. The Morgan fingerprint density at radius 3 is 2.58 bits per heavy atom. The molecule has 0 unspecified atom stereocenters. The van der Waals surface area contributed by atoms with Crippen molar-refractivity contribution in [2.24, 2.45) is 0 Å². The van der Waals surface area contributed by atoms with Crippen LogP contribution in [0.3, 0.4) is 0 Å². The topological polar surface area (TPSA) is 91.4 Å². The van der Waals surface area contributed by atoms with Gasteiger partial charge in [0.2, 0.25) is 11.8 Å². The fourth-order valence-electron chi connectivity index (χ4n) is 1.71. The van der Waals surface area contributed by atoms with Crippen molar-refractivity contribution in [2.75, 3.05) is 25.5 Å². The first-order chi connectivity index (χ1) is 8.99. The molecule has 0 saturated carbocycles. The van der Waals surface area contributed by atoms with Crippen molar-refractivity contribution in [3.63, 3.8) is 0 Å². The SMILES string of the molecule is CNc1cc(C(=O)N2CC(=O)NC(=O)C2)cc(Cl)n1. The van der Waals surface area contributed by atoms with E-state index >= 15 is 0 Å². The number of aromatic nitrogens is 1. The fourth-order valence-corrected chi connectivity index (χ4v) is 1.92. The predicted octanol–water partition coefficient (Wildman–Crippen LogP) is -0.125. The van der Waals surface area contributed by atoms with Gasteiger partial charge in [0.1, 0.15) is 24.1 Å². The highest BCUT2D eigenvalue weighted by Gasteiger charge is 2.27. The van der Waals surface area contributed by atoms with Gasteiger partial charge in [-0.2, -0.15) is 0 Å². The van der Waals surface area contributed by atoms with Gasteiger partial charge in [-0.3, -0.25) is 19.7 Å². The van der Waals surface area contributed by atoms with Crippen LogP contribution in [0.1, 0.15) is 10.4 Å². The lowest BCUT2D eigenvalue weighted by Crippen LogP contribution is -2.53. The van der Waals surface area contributed by atoms with Gasteiger partial charge < -0.3 is 10.2 Å². The van der Waals surface area contributed by atoms with Crippen LogP contribution in [0.2, 0.25) is 5.15 Å². The molecule has 1 saturated heterocycles. The molecule has 1 aromatic heterocycles. The summed E-state index contributed by atoms with van der Waals surface area (Å²) in [5.41, 5.74) is 0.270. The highest BCUT2D eigenvalue weighted by Crippen LogP contribution is 2.16. The summed E-state index contributed by atoms with van der Waals surface area (Å²) < 4.78 is 0. The van der Waals surface area contributed by atoms with Gasteiger partial charge in [0, 0.05) is 12.6 Å². The minimum atomic E-state index is -0.501. The van der Waals surface area contributed by atoms with E-state index in [-0.39, 0.29) is 23.8 Å². The number of carbonyl (C=O) groups excluding carboxylic acids is 3. The number of nitrogens with zero attached hydrogens (tertiary/aromatic N) is 2. The third-order valence-electron chi connectivity index (χ3n) is 2.53. The summed E-state index contributed by atoms with van der Waals surface area (Å²) in [5, 5.41) is 5.05. The van der Waals surface area contributed by atoms with Crippen LogP contribution in [0.15, 0.2) is 12.1 Å². The van der Waals surface area contributed by atoms with E-state index in [1.54, 1.807) is 7.05 Å². The Labute approximate surface area is 113 Å². The molecule has 8 heteroatoms. The summed E-state index contributed by atoms with van der Waals surface area (Å²) in [6.07, 6.45) is 0. The molecule has 1 aromatic rings. The van der Waals surface area contributed by atoms with Crippen molar-refractivity contribution < 1.29 is 14.4 Å². The lowest BCUT2D eigenvalue weighted by molar-refractivity contribution is -0.135. The molecular weight excluding hydrogens is 272 g/mol. The molecule has 0 radical (unpaired) electrons. The third kappa shape index (κ3) is 3.00. The number of piperazine rings is 1. The van der Waals surface area contributed by atoms with E-state index in [0.29, 0.717) is 5.82 Å². The first kappa shape index (κ1) is 13.3. The van der Waals surface area contributed by atoms with Crippen molar-refractivity contribution >= 4 is 35.1 Å². The predicted molar refractivity (Wildman–Crippen MR) is 67.8 cm³/mol. The Hall–Kier alpha value is -2.15. The fraction of sp³-hybridized carbons (Fsp3) is 0.273. The van der Waals surface area contributed by atoms with Crippen LogP contribution in [-0.4, -0.2) is 47.7 Å². The second-order valence-electron chi connectivity index (χ2n) is 3.95. The molecule has 2 rings (SSSR count). The van der Waals surface area contributed by atoms with Crippen LogP contribution in [0.5, 0.6) is 0 Å². The molecule has 0 aromatic carbocycles. The number of pyridine rings is 1.